The number of hydrogen-bond acceptors (Lipinski definition) is 5. The van der Waals surface area contributed by atoms with E-state index in [1.807, 2.05) is 66.8 Å². The highest BCUT2D eigenvalue weighted by Crippen LogP contribution is 2.31. The molecule has 0 unspecified atom stereocenters. The Balaban J connectivity index is 1.32. The normalized spacial score (nSPS) is 16.9. The monoisotopic (exact) mass is 500 g/mol. The van der Waals surface area contributed by atoms with Gasteiger partial charge < -0.3 is 10.2 Å². The van der Waals surface area contributed by atoms with E-state index in [1.54, 1.807) is 16.9 Å². The van der Waals surface area contributed by atoms with E-state index in [0.717, 1.165) is 53.9 Å². The van der Waals surface area contributed by atoms with Gasteiger partial charge in [0.15, 0.2) is 0 Å². The molecule has 1 N–H and O–H groups in total. The van der Waals surface area contributed by atoms with E-state index in [4.69, 9.17) is 13.1 Å². The topological polar surface area (TPSA) is 86.8 Å². The smallest absolute Gasteiger partial charge is 0.231 e. The summed E-state index contributed by atoms with van der Waals surface area (Å²) < 4.78 is 1.78. The zero-order chi connectivity index (χ0) is 26.5. The summed E-state index contributed by atoms with van der Waals surface area (Å²) in [6.45, 7) is 0. The molecular weight excluding hydrogens is 471 g/mol. The Morgan fingerprint density at radius 1 is 1.03 bits per heavy atom. The SMILES string of the molecule is [B]c1ccc(CC(=O)N(c2ccc(-c3cnn(C)c3)cc2)C2CCC(Nc3ccc(C#N)cn3)CC2)cc1. The van der Waals surface area contributed by atoms with E-state index in [0.29, 0.717) is 17.4 Å². The number of benzene rings is 2. The summed E-state index contributed by atoms with van der Waals surface area (Å²) in [4.78, 5) is 20.1. The number of pyridine rings is 1. The van der Waals surface area contributed by atoms with Crippen LogP contribution in [0, 0.1) is 11.3 Å². The number of amides is 1. The summed E-state index contributed by atoms with van der Waals surface area (Å²) in [5.41, 5.74) is 5.19. The lowest BCUT2D eigenvalue weighted by Gasteiger charge is -2.37. The second kappa shape index (κ2) is 11.3. The van der Waals surface area contributed by atoms with Gasteiger partial charge in [0.1, 0.15) is 19.7 Å². The first-order valence-corrected chi connectivity index (χ1v) is 12.9. The predicted molar refractivity (Wildman–Crippen MR) is 150 cm³/mol. The van der Waals surface area contributed by atoms with E-state index in [2.05, 4.69) is 33.6 Å². The molecule has 0 atom stereocenters. The van der Waals surface area contributed by atoms with Crippen LogP contribution < -0.4 is 15.7 Å². The number of rotatable bonds is 7. The summed E-state index contributed by atoms with van der Waals surface area (Å²) >= 11 is 0. The molecule has 2 aromatic carbocycles. The fourth-order valence-electron chi connectivity index (χ4n) is 5.07. The summed E-state index contributed by atoms with van der Waals surface area (Å²) in [5.74, 6) is 0.851. The van der Waals surface area contributed by atoms with E-state index < -0.39 is 0 Å². The number of anilines is 2. The van der Waals surface area contributed by atoms with Crippen molar-refractivity contribution in [3.05, 3.63) is 90.4 Å². The molecule has 2 heterocycles. The minimum absolute atomic E-state index is 0.0778. The molecule has 0 bridgehead atoms. The molecule has 0 spiro atoms. The maximum absolute atomic E-state index is 13.7. The number of carbonyl (C=O) groups excluding carboxylic acids is 1. The van der Waals surface area contributed by atoms with Crippen LogP contribution in [-0.2, 0) is 18.3 Å². The van der Waals surface area contributed by atoms with Crippen LogP contribution in [-0.4, -0.2) is 40.6 Å². The Morgan fingerprint density at radius 3 is 2.37 bits per heavy atom. The average Bonchev–Trinajstić information content (AvgIpc) is 3.38. The van der Waals surface area contributed by atoms with E-state index in [-0.39, 0.29) is 18.0 Å². The van der Waals surface area contributed by atoms with Crippen LogP contribution in [0.15, 0.2) is 79.3 Å². The van der Waals surface area contributed by atoms with Crippen LogP contribution in [0.4, 0.5) is 11.5 Å². The van der Waals surface area contributed by atoms with E-state index in [1.165, 1.54) is 0 Å². The highest BCUT2D eigenvalue weighted by molar-refractivity contribution is 6.32. The Kier molecular flexibility index (Phi) is 7.55. The molecule has 1 amide bonds. The van der Waals surface area contributed by atoms with E-state index >= 15 is 0 Å². The molecule has 188 valence electrons. The fraction of sp³-hybridized carbons (Fsp3) is 0.267. The van der Waals surface area contributed by atoms with Gasteiger partial charge in [-0.3, -0.25) is 9.48 Å². The second-order valence-corrected chi connectivity index (χ2v) is 9.83. The molecule has 5 rings (SSSR count). The number of hydrogen-bond donors (Lipinski definition) is 1. The van der Waals surface area contributed by atoms with Gasteiger partial charge in [0, 0.05) is 42.8 Å². The Hall–Kier alpha value is -4.38. The Morgan fingerprint density at radius 2 is 1.76 bits per heavy atom. The lowest BCUT2D eigenvalue weighted by Crippen LogP contribution is -2.45. The maximum Gasteiger partial charge on any atom is 0.231 e. The number of carbonyl (C=O) groups is 1. The lowest BCUT2D eigenvalue weighted by atomic mass is 9.89. The van der Waals surface area contributed by atoms with Crippen molar-refractivity contribution >= 4 is 30.7 Å². The van der Waals surface area contributed by atoms with Crippen molar-refractivity contribution in [3.63, 3.8) is 0 Å². The molecule has 1 fully saturated rings. The molecule has 1 saturated carbocycles. The molecule has 0 saturated heterocycles. The first-order valence-electron chi connectivity index (χ1n) is 12.9. The Labute approximate surface area is 224 Å². The molecule has 2 radical (unpaired) electrons. The number of nitrogens with zero attached hydrogens (tertiary/aromatic N) is 5. The van der Waals surface area contributed by atoms with Gasteiger partial charge in [-0.1, -0.05) is 41.9 Å². The maximum atomic E-state index is 13.7. The van der Waals surface area contributed by atoms with Crippen LogP contribution in [0.2, 0.25) is 0 Å². The first-order chi connectivity index (χ1) is 18.5. The van der Waals surface area contributed by atoms with Crippen LogP contribution in [0.25, 0.3) is 11.1 Å². The summed E-state index contributed by atoms with van der Waals surface area (Å²) in [7, 11) is 7.75. The molecule has 2 aromatic heterocycles. The van der Waals surface area contributed by atoms with Crippen molar-refractivity contribution in [1.82, 2.24) is 14.8 Å². The summed E-state index contributed by atoms with van der Waals surface area (Å²) in [6.07, 6.45) is 9.33. The van der Waals surface area contributed by atoms with Gasteiger partial charge in [0.05, 0.1) is 18.2 Å². The molecule has 38 heavy (non-hydrogen) atoms. The van der Waals surface area contributed by atoms with Gasteiger partial charge in [-0.15, -0.1) is 0 Å². The predicted octanol–water partition coefficient (Wildman–Crippen LogP) is 4.15. The van der Waals surface area contributed by atoms with Gasteiger partial charge in [-0.05, 0) is 61.1 Å². The highest BCUT2D eigenvalue weighted by Gasteiger charge is 2.30. The average molecular weight is 500 g/mol. The van der Waals surface area contributed by atoms with Crippen LogP contribution in [0.3, 0.4) is 0 Å². The lowest BCUT2D eigenvalue weighted by molar-refractivity contribution is -0.118. The van der Waals surface area contributed by atoms with Gasteiger partial charge in [-0.25, -0.2) is 4.98 Å². The third-order valence-electron chi connectivity index (χ3n) is 7.09. The van der Waals surface area contributed by atoms with Crippen LogP contribution >= 0.6 is 0 Å². The standard InChI is InChI=1S/C30H29BN6O/c1-36-20-24(19-34-36)23-5-11-27(12-6-23)37(30(38)16-21-2-7-25(31)8-3-21)28-13-9-26(10-14-28)35-29-15-4-22(17-32)18-33-29/h2-8,11-12,15,18-20,26,28H,9-10,13-14,16H2,1H3,(H,33,35). The van der Waals surface area contributed by atoms with Crippen molar-refractivity contribution in [1.29, 1.82) is 5.26 Å². The molecule has 7 nitrogen and oxygen atoms in total. The molecule has 0 aliphatic heterocycles. The van der Waals surface area contributed by atoms with E-state index in [9.17, 15) is 4.79 Å². The zero-order valence-electron chi connectivity index (χ0n) is 21.4. The van der Waals surface area contributed by atoms with Crippen molar-refractivity contribution in [2.45, 2.75) is 44.2 Å². The van der Waals surface area contributed by atoms with Crippen LogP contribution in [0.1, 0.15) is 36.8 Å². The number of nitrogens with one attached hydrogen (secondary N) is 1. The zero-order valence-corrected chi connectivity index (χ0v) is 21.4. The molecule has 4 aromatic rings. The number of aryl methyl sites for hydroxylation is 1. The largest absolute Gasteiger partial charge is 0.367 e. The van der Waals surface area contributed by atoms with Gasteiger partial charge in [0.25, 0.3) is 0 Å². The van der Waals surface area contributed by atoms with Gasteiger partial charge in [-0.2, -0.15) is 10.4 Å². The third-order valence-corrected chi connectivity index (χ3v) is 7.09. The van der Waals surface area contributed by atoms with Crippen molar-refractivity contribution in [2.75, 3.05) is 10.2 Å². The fourth-order valence-corrected chi connectivity index (χ4v) is 5.07. The minimum atomic E-state index is 0.0778. The molecule has 1 aliphatic rings. The molecule has 1 aliphatic carbocycles. The Bertz CT molecular complexity index is 1420. The van der Waals surface area contributed by atoms with Gasteiger partial charge >= 0.3 is 0 Å². The van der Waals surface area contributed by atoms with Crippen molar-refractivity contribution in [3.8, 4) is 17.2 Å². The highest BCUT2D eigenvalue weighted by atomic mass is 16.2. The van der Waals surface area contributed by atoms with Gasteiger partial charge in [0.2, 0.25) is 5.91 Å². The van der Waals surface area contributed by atoms with Crippen molar-refractivity contribution in [2.24, 2.45) is 7.05 Å². The minimum Gasteiger partial charge on any atom is -0.367 e. The van der Waals surface area contributed by atoms with Crippen LogP contribution in [0.5, 0.6) is 0 Å². The van der Waals surface area contributed by atoms with Crippen molar-refractivity contribution < 1.29 is 4.79 Å². The second-order valence-electron chi connectivity index (χ2n) is 9.83. The quantitative estimate of drug-likeness (QED) is 0.386. The number of nitriles is 1. The third kappa shape index (κ3) is 5.95. The summed E-state index contributed by atoms with van der Waals surface area (Å²) in [6, 6.07) is 21.8. The number of aromatic nitrogens is 3. The molecule has 8 heteroatoms. The summed E-state index contributed by atoms with van der Waals surface area (Å²) in [5, 5.41) is 16.8. The first kappa shape index (κ1) is 25.3. The molecular formula is C30H29BN6O.